The van der Waals surface area contributed by atoms with Gasteiger partial charge in [-0.2, -0.15) is 0 Å². The Hall–Kier alpha value is -4.11. The predicted octanol–water partition coefficient (Wildman–Crippen LogP) is 5.23. The number of benzene rings is 3. The second-order valence-corrected chi connectivity index (χ2v) is 7.99. The summed E-state index contributed by atoms with van der Waals surface area (Å²) < 4.78 is 11.5. The minimum absolute atomic E-state index is 0.0521. The zero-order valence-corrected chi connectivity index (χ0v) is 18.7. The Labute approximate surface area is 196 Å². The molecule has 4 rings (SSSR count). The third-order valence-electron chi connectivity index (χ3n) is 4.70. The minimum Gasteiger partial charge on any atom is -0.422 e. The molecule has 0 radical (unpaired) electrons. The lowest BCUT2D eigenvalue weighted by molar-refractivity contribution is -0.384. The number of halogens is 1. The minimum atomic E-state index is -0.704. The van der Waals surface area contributed by atoms with E-state index in [9.17, 15) is 19.7 Å². The fourth-order valence-corrected chi connectivity index (χ4v) is 3.36. The van der Waals surface area contributed by atoms with Gasteiger partial charge in [-0.25, -0.2) is 14.6 Å². The number of hydrogen-bond donors (Lipinski definition) is 0. The highest BCUT2D eigenvalue weighted by atomic mass is 79.9. The first-order valence-corrected chi connectivity index (χ1v) is 10.5. The van der Waals surface area contributed by atoms with E-state index in [4.69, 9.17) is 9.47 Å². The molecule has 0 fully saturated rings. The molecule has 0 atom stereocenters. The molecule has 0 spiro atoms. The Bertz CT molecular complexity index is 1330. The third-order valence-corrected chi connectivity index (χ3v) is 5.19. The third kappa shape index (κ3) is 5.04. The average Bonchev–Trinajstić information content (AvgIpc) is 3.16. The van der Waals surface area contributed by atoms with Gasteiger partial charge in [-0.1, -0.05) is 33.6 Å². The number of rotatable bonds is 5. The van der Waals surface area contributed by atoms with Gasteiger partial charge in [0.1, 0.15) is 5.75 Å². The van der Waals surface area contributed by atoms with Crippen LogP contribution in [0.25, 0.3) is 6.08 Å². The van der Waals surface area contributed by atoms with Gasteiger partial charge in [0.05, 0.1) is 10.5 Å². The standard InChI is InChI=1S/C24H15BrN2O6/c1-14-2-4-15(5-3-14)22-26-20(24(29)33-22)13-17-12-18(25)8-11-21(17)32-23(28)16-6-9-19(10-7-16)27(30)31/h2-13H,1H3/b20-13+. The molecule has 33 heavy (non-hydrogen) atoms. The van der Waals surface area contributed by atoms with Crippen LogP contribution in [0.1, 0.15) is 27.0 Å². The van der Waals surface area contributed by atoms with Gasteiger partial charge in [-0.15, -0.1) is 0 Å². The Kier molecular flexibility index (Phi) is 6.14. The number of carbonyl (C=O) groups is 2. The fourth-order valence-electron chi connectivity index (χ4n) is 2.98. The number of aliphatic imine (C=N–C) groups is 1. The summed E-state index contributed by atoms with van der Waals surface area (Å²) in [6, 6.07) is 17.3. The molecule has 0 aromatic heterocycles. The number of nitro benzene ring substituents is 1. The molecule has 0 saturated heterocycles. The maximum Gasteiger partial charge on any atom is 0.363 e. The van der Waals surface area contributed by atoms with Gasteiger partial charge in [-0.05, 0) is 55.5 Å². The van der Waals surface area contributed by atoms with Crippen LogP contribution < -0.4 is 4.74 Å². The zero-order chi connectivity index (χ0) is 23.5. The van der Waals surface area contributed by atoms with Crippen LogP contribution in [0, 0.1) is 17.0 Å². The molecular weight excluding hydrogens is 492 g/mol. The van der Waals surface area contributed by atoms with E-state index in [2.05, 4.69) is 20.9 Å². The lowest BCUT2D eigenvalue weighted by Crippen LogP contribution is -2.09. The van der Waals surface area contributed by atoms with Gasteiger partial charge in [0.25, 0.3) is 5.69 Å². The quantitative estimate of drug-likeness (QED) is 0.154. The van der Waals surface area contributed by atoms with Crippen LogP contribution in [-0.2, 0) is 9.53 Å². The van der Waals surface area contributed by atoms with Crippen molar-refractivity contribution >= 4 is 45.5 Å². The van der Waals surface area contributed by atoms with Crippen molar-refractivity contribution < 1.29 is 24.0 Å². The molecule has 3 aromatic rings. The summed E-state index contributed by atoms with van der Waals surface area (Å²) >= 11 is 3.36. The number of nitro groups is 1. The highest BCUT2D eigenvalue weighted by molar-refractivity contribution is 9.10. The second-order valence-electron chi connectivity index (χ2n) is 7.08. The van der Waals surface area contributed by atoms with E-state index in [0.717, 1.165) is 5.56 Å². The second kappa shape index (κ2) is 9.17. The molecule has 9 heteroatoms. The summed E-state index contributed by atoms with van der Waals surface area (Å²) in [7, 11) is 0. The molecule has 0 aliphatic carbocycles. The first-order chi connectivity index (χ1) is 15.8. The number of non-ortho nitro benzene ring substituents is 1. The first kappa shape index (κ1) is 22.1. The number of ether oxygens (including phenoxy) is 2. The highest BCUT2D eigenvalue weighted by Crippen LogP contribution is 2.29. The van der Waals surface area contributed by atoms with Crippen LogP contribution in [-0.4, -0.2) is 22.8 Å². The van der Waals surface area contributed by atoms with Crippen LogP contribution in [0.3, 0.4) is 0 Å². The smallest absolute Gasteiger partial charge is 0.363 e. The van der Waals surface area contributed by atoms with Crippen molar-refractivity contribution in [1.29, 1.82) is 0 Å². The molecule has 0 saturated carbocycles. The Balaban J connectivity index is 1.62. The Morgan fingerprint density at radius 2 is 1.79 bits per heavy atom. The summed E-state index contributed by atoms with van der Waals surface area (Å²) in [5.74, 6) is -0.963. The van der Waals surface area contributed by atoms with Crippen molar-refractivity contribution in [2.75, 3.05) is 0 Å². The molecule has 3 aromatic carbocycles. The fraction of sp³-hybridized carbons (Fsp3) is 0.0417. The zero-order valence-electron chi connectivity index (χ0n) is 17.2. The van der Waals surface area contributed by atoms with Crippen molar-refractivity contribution in [2.45, 2.75) is 6.92 Å². The van der Waals surface area contributed by atoms with E-state index in [1.165, 1.54) is 30.3 Å². The monoisotopic (exact) mass is 506 g/mol. The van der Waals surface area contributed by atoms with Crippen LogP contribution in [0.4, 0.5) is 5.69 Å². The summed E-state index contributed by atoms with van der Waals surface area (Å²) in [4.78, 5) is 39.5. The number of esters is 2. The van der Waals surface area contributed by atoms with E-state index in [1.807, 2.05) is 19.1 Å². The van der Waals surface area contributed by atoms with Gasteiger partial charge in [-0.3, -0.25) is 10.1 Å². The van der Waals surface area contributed by atoms with E-state index >= 15 is 0 Å². The Morgan fingerprint density at radius 1 is 1.09 bits per heavy atom. The van der Waals surface area contributed by atoms with Gasteiger partial charge < -0.3 is 9.47 Å². The Morgan fingerprint density at radius 3 is 2.45 bits per heavy atom. The summed E-state index contributed by atoms with van der Waals surface area (Å²) in [5.41, 5.74) is 2.20. The summed E-state index contributed by atoms with van der Waals surface area (Å²) in [5, 5.41) is 10.8. The van der Waals surface area contributed by atoms with Crippen molar-refractivity contribution in [2.24, 2.45) is 4.99 Å². The van der Waals surface area contributed by atoms with Crippen molar-refractivity contribution in [1.82, 2.24) is 0 Å². The molecule has 0 amide bonds. The van der Waals surface area contributed by atoms with Gasteiger partial charge in [0.15, 0.2) is 5.70 Å². The topological polar surface area (TPSA) is 108 Å². The van der Waals surface area contributed by atoms with Crippen LogP contribution in [0.5, 0.6) is 5.75 Å². The molecule has 0 unspecified atom stereocenters. The molecule has 1 aliphatic rings. The lowest BCUT2D eigenvalue weighted by Gasteiger charge is -2.08. The molecule has 1 aliphatic heterocycles. The number of nitrogens with zero attached hydrogens (tertiary/aromatic N) is 2. The summed E-state index contributed by atoms with van der Waals surface area (Å²) in [6.45, 7) is 1.95. The van der Waals surface area contributed by atoms with Crippen molar-refractivity contribution in [3.8, 4) is 5.75 Å². The maximum atomic E-state index is 12.6. The van der Waals surface area contributed by atoms with E-state index in [1.54, 1.807) is 30.3 Å². The lowest BCUT2D eigenvalue weighted by atomic mass is 10.1. The molecule has 1 heterocycles. The van der Waals surface area contributed by atoms with E-state index < -0.39 is 16.9 Å². The largest absolute Gasteiger partial charge is 0.422 e. The number of cyclic esters (lactones) is 1. The predicted molar refractivity (Wildman–Crippen MR) is 124 cm³/mol. The summed E-state index contributed by atoms with van der Waals surface area (Å²) in [6.07, 6.45) is 1.47. The highest BCUT2D eigenvalue weighted by Gasteiger charge is 2.25. The van der Waals surface area contributed by atoms with Crippen molar-refractivity contribution in [3.63, 3.8) is 0 Å². The molecule has 8 nitrogen and oxygen atoms in total. The maximum absolute atomic E-state index is 12.6. The van der Waals surface area contributed by atoms with Gasteiger partial charge in [0, 0.05) is 27.7 Å². The van der Waals surface area contributed by atoms with Crippen LogP contribution in [0.15, 0.2) is 81.9 Å². The molecule has 164 valence electrons. The van der Waals surface area contributed by atoms with Crippen LogP contribution >= 0.6 is 15.9 Å². The van der Waals surface area contributed by atoms with Crippen molar-refractivity contribution in [3.05, 3.63) is 109 Å². The number of hydrogen-bond acceptors (Lipinski definition) is 7. The number of aryl methyl sites for hydroxylation is 1. The number of carbonyl (C=O) groups excluding carboxylic acids is 2. The SMILES string of the molecule is Cc1ccc(C2=N/C(=C/c3cc(Br)ccc3OC(=O)c3ccc([N+](=O)[O-])cc3)C(=O)O2)cc1. The van der Waals surface area contributed by atoms with Crippen LogP contribution in [0.2, 0.25) is 0 Å². The van der Waals surface area contributed by atoms with Gasteiger partial charge in [0.2, 0.25) is 5.90 Å². The average molecular weight is 507 g/mol. The first-order valence-electron chi connectivity index (χ1n) is 9.66. The molecule has 0 bridgehead atoms. The van der Waals surface area contributed by atoms with E-state index in [-0.39, 0.29) is 28.6 Å². The van der Waals surface area contributed by atoms with E-state index in [0.29, 0.717) is 15.6 Å². The normalized spacial score (nSPS) is 14.1. The van der Waals surface area contributed by atoms with Gasteiger partial charge >= 0.3 is 11.9 Å². The molecule has 0 N–H and O–H groups in total. The molecular formula is C24H15BrN2O6.